The minimum Gasteiger partial charge on any atom is -0.480 e. The molecule has 114 valence electrons. The second-order valence-electron chi connectivity index (χ2n) is 4.95. The van der Waals surface area contributed by atoms with Crippen molar-refractivity contribution in [1.29, 1.82) is 0 Å². The maximum atomic E-state index is 12.0. The fraction of sp³-hybridized carbons (Fsp3) is 0.385. The van der Waals surface area contributed by atoms with E-state index in [1.807, 2.05) is 13.8 Å². The zero-order valence-electron chi connectivity index (χ0n) is 11.5. The number of nitro groups is 1. The van der Waals surface area contributed by atoms with Crippen molar-refractivity contribution in [2.75, 3.05) is 0 Å². The maximum absolute atomic E-state index is 12.0. The average molecular weight is 315 g/mol. The molecule has 1 aromatic rings. The number of nitrogens with one attached hydrogen (secondary N) is 1. The number of amides is 1. The monoisotopic (exact) mass is 314 g/mol. The van der Waals surface area contributed by atoms with Gasteiger partial charge in [0.1, 0.15) is 6.04 Å². The summed E-state index contributed by atoms with van der Waals surface area (Å²) in [6, 6.07) is 2.35. The summed E-state index contributed by atoms with van der Waals surface area (Å²) in [6.45, 7) is 3.65. The molecule has 1 aromatic carbocycles. The molecule has 8 heteroatoms. The molecule has 0 aliphatic rings. The van der Waals surface area contributed by atoms with Gasteiger partial charge in [0.25, 0.3) is 11.6 Å². The third-order valence-electron chi connectivity index (χ3n) is 2.67. The fourth-order valence-corrected chi connectivity index (χ4v) is 1.97. The van der Waals surface area contributed by atoms with Crippen molar-refractivity contribution < 1.29 is 19.6 Å². The number of carbonyl (C=O) groups is 2. The number of rotatable bonds is 6. The van der Waals surface area contributed by atoms with Gasteiger partial charge in [0.05, 0.1) is 4.92 Å². The molecule has 0 spiro atoms. The Balaban J connectivity index is 2.97. The van der Waals surface area contributed by atoms with E-state index in [4.69, 9.17) is 16.7 Å². The lowest BCUT2D eigenvalue weighted by Gasteiger charge is -2.16. The van der Waals surface area contributed by atoms with Crippen molar-refractivity contribution in [2.24, 2.45) is 5.92 Å². The van der Waals surface area contributed by atoms with Crippen molar-refractivity contribution >= 4 is 29.2 Å². The first-order chi connectivity index (χ1) is 9.70. The van der Waals surface area contributed by atoms with E-state index in [1.165, 1.54) is 6.07 Å². The van der Waals surface area contributed by atoms with Crippen LogP contribution in [-0.2, 0) is 4.79 Å². The molecule has 0 unspecified atom stereocenters. The van der Waals surface area contributed by atoms with Crippen molar-refractivity contribution in [1.82, 2.24) is 5.32 Å². The van der Waals surface area contributed by atoms with E-state index in [-0.39, 0.29) is 28.6 Å². The van der Waals surface area contributed by atoms with Crippen LogP contribution in [0, 0.1) is 16.0 Å². The van der Waals surface area contributed by atoms with Crippen LogP contribution >= 0.6 is 11.6 Å². The summed E-state index contributed by atoms with van der Waals surface area (Å²) >= 11 is 5.72. The second-order valence-corrected chi connectivity index (χ2v) is 5.39. The number of benzene rings is 1. The number of carboxylic acids is 1. The van der Waals surface area contributed by atoms with Crippen LogP contribution in [0.4, 0.5) is 5.69 Å². The fourth-order valence-electron chi connectivity index (χ4n) is 1.75. The maximum Gasteiger partial charge on any atom is 0.326 e. The van der Waals surface area contributed by atoms with Gasteiger partial charge < -0.3 is 10.4 Å². The van der Waals surface area contributed by atoms with Crippen LogP contribution in [-0.4, -0.2) is 27.9 Å². The van der Waals surface area contributed by atoms with E-state index in [0.717, 1.165) is 12.1 Å². The summed E-state index contributed by atoms with van der Waals surface area (Å²) in [5.74, 6) is -1.80. The first-order valence-electron chi connectivity index (χ1n) is 6.19. The lowest BCUT2D eigenvalue weighted by molar-refractivity contribution is -0.384. The summed E-state index contributed by atoms with van der Waals surface area (Å²) in [5, 5.41) is 22.2. The third-order valence-corrected chi connectivity index (χ3v) is 2.88. The summed E-state index contributed by atoms with van der Waals surface area (Å²) in [5.41, 5.74) is -0.382. The van der Waals surface area contributed by atoms with Gasteiger partial charge in [-0.1, -0.05) is 25.4 Å². The number of halogens is 1. The van der Waals surface area contributed by atoms with Crippen LogP contribution in [0.15, 0.2) is 18.2 Å². The molecule has 0 radical (unpaired) electrons. The Morgan fingerprint density at radius 1 is 1.38 bits per heavy atom. The molecule has 2 N–H and O–H groups in total. The molecule has 0 fully saturated rings. The van der Waals surface area contributed by atoms with Gasteiger partial charge in [0.2, 0.25) is 0 Å². The predicted octanol–water partition coefficient (Wildman–Crippen LogP) is 2.48. The molecule has 1 atom stereocenters. The standard InChI is InChI=1S/C13H15ClN2O5/c1-7(2)3-11(13(18)19)15-12(17)8-4-9(14)6-10(5-8)16(20)21/h4-7,11H,3H2,1-2H3,(H,15,17)(H,18,19)/t11-/m1/s1. The molecule has 21 heavy (non-hydrogen) atoms. The molecule has 0 aliphatic heterocycles. The lowest BCUT2D eigenvalue weighted by atomic mass is 10.0. The molecule has 0 aliphatic carbocycles. The van der Waals surface area contributed by atoms with Crippen LogP contribution < -0.4 is 5.32 Å². The summed E-state index contributed by atoms with van der Waals surface area (Å²) in [7, 11) is 0. The largest absolute Gasteiger partial charge is 0.480 e. The molecular weight excluding hydrogens is 300 g/mol. The minimum absolute atomic E-state index is 0.0325. The molecule has 0 heterocycles. The number of non-ortho nitro benzene ring substituents is 1. The SMILES string of the molecule is CC(C)C[C@@H](NC(=O)c1cc(Cl)cc([N+](=O)[O-])c1)C(=O)O. The third kappa shape index (κ3) is 5.03. The van der Waals surface area contributed by atoms with E-state index in [0.29, 0.717) is 0 Å². The van der Waals surface area contributed by atoms with Gasteiger partial charge in [-0.15, -0.1) is 0 Å². The number of carboxylic acid groups (broad SMARTS) is 1. The summed E-state index contributed by atoms with van der Waals surface area (Å²) in [4.78, 5) is 33.2. The highest BCUT2D eigenvalue weighted by molar-refractivity contribution is 6.31. The Morgan fingerprint density at radius 3 is 2.48 bits per heavy atom. The highest BCUT2D eigenvalue weighted by Gasteiger charge is 2.23. The Bertz CT molecular complexity index is 574. The Kier molecular flexibility index (Phi) is 5.66. The highest BCUT2D eigenvalue weighted by Crippen LogP contribution is 2.21. The molecule has 1 rings (SSSR count). The summed E-state index contributed by atoms with van der Waals surface area (Å²) < 4.78 is 0. The molecule has 7 nitrogen and oxygen atoms in total. The van der Waals surface area contributed by atoms with E-state index in [1.54, 1.807) is 0 Å². The Labute approximate surface area is 126 Å². The Morgan fingerprint density at radius 2 is 2.00 bits per heavy atom. The topological polar surface area (TPSA) is 110 Å². The summed E-state index contributed by atoms with van der Waals surface area (Å²) in [6.07, 6.45) is 0.254. The van der Waals surface area contributed by atoms with Gasteiger partial charge >= 0.3 is 5.97 Å². The predicted molar refractivity (Wildman–Crippen MR) is 76.5 cm³/mol. The quantitative estimate of drug-likeness (QED) is 0.619. The van der Waals surface area contributed by atoms with Gasteiger partial charge in [0, 0.05) is 22.7 Å². The van der Waals surface area contributed by atoms with Crippen LogP contribution in [0.25, 0.3) is 0 Å². The Hall–Kier alpha value is -2.15. The van der Waals surface area contributed by atoms with Crippen LogP contribution in [0.3, 0.4) is 0 Å². The smallest absolute Gasteiger partial charge is 0.326 e. The zero-order chi connectivity index (χ0) is 16.2. The molecular formula is C13H15ClN2O5. The molecule has 0 saturated carbocycles. The first-order valence-corrected chi connectivity index (χ1v) is 6.57. The van der Waals surface area contributed by atoms with E-state index >= 15 is 0 Å². The molecule has 0 bridgehead atoms. The van der Waals surface area contributed by atoms with Crippen molar-refractivity contribution in [3.8, 4) is 0 Å². The number of nitro benzene ring substituents is 1. The highest BCUT2D eigenvalue weighted by atomic mass is 35.5. The van der Waals surface area contributed by atoms with Crippen molar-refractivity contribution in [3.63, 3.8) is 0 Å². The average Bonchev–Trinajstić information content (AvgIpc) is 2.36. The first kappa shape index (κ1) is 16.9. The van der Waals surface area contributed by atoms with Crippen LogP contribution in [0.2, 0.25) is 5.02 Å². The van der Waals surface area contributed by atoms with Gasteiger partial charge in [-0.05, 0) is 18.4 Å². The molecule has 0 aromatic heterocycles. The molecule has 1 amide bonds. The van der Waals surface area contributed by atoms with E-state index in [9.17, 15) is 19.7 Å². The van der Waals surface area contributed by atoms with Crippen LogP contribution in [0.5, 0.6) is 0 Å². The van der Waals surface area contributed by atoms with Gasteiger partial charge in [-0.2, -0.15) is 0 Å². The van der Waals surface area contributed by atoms with E-state index in [2.05, 4.69) is 5.32 Å². The number of aliphatic carboxylic acids is 1. The van der Waals surface area contributed by atoms with Gasteiger partial charge in [-0.25, -0.2) is 4.79 Å². The second kappa shape index (κ2) is 7.03. The minimum atomic E-state index is -1.16. The number of hydrogen-bond acceptors (Lipinski definition) is 4. The van der Waals surface area contributed by atoms with Crippen molar-refractivity contribution in [2.45, 2.75) is 26.3 Å². The number of carbonyl (C=O) groups excluding carboxylic acids is 1. The van der Waals surface area contributed by atoms with Crippen LogP contribution in [0.1, 0.15) is 30.6 Å². The normalized spacial score (nSPS) is 12.0. The lowest BCUT2D eigenvalue weighted by Crippen LogP contribution is -2.41. The van der Waals surface area contributed by atoms with E-state index < -0.39 is 22.8 Å². The van der Waals surface area contributed by atoms with Crippen molar-refractivity contribution in [3.05, 3.63) is 38.9 Å². The zero-order valence-corrected chi connectivity index (χ0v) is 12.3. The number of hydrogen-bond donors (Lipinski definition) is 2. The molecule has 0 saturated heterocycles. The van der Waals surface area contributed by atoms with Gasteiger partial charge in [-0.3, -0.25) is 14.9 Å². The van der Waals surface area contributed by atoms with Gasteiger partial charge in [0.15, 0.2) is 0 Å². The number of nitrogens with zero attached hydrogens (tertiary/aromatic N) is 1.